The lowest BCUT2D eigenvalue weighted by Crippen LogP contribution is -2.38. The molecule has 0 aliphatic heterocycles. The largest absolute Gasteiger partial charge is 0.396 e. The lowest BCUT2D eigenvalue weighted by molar-refractivity contribution is 0.0921. The number of nitrogens with one attached hydrogen (secondary N) is 2. The van der Waals surface area contributed by atoms with E-state index >= 15 is 0 Å². The second kappa shape index (κ2) is 6.19. The fourth-order valence-electron chi connectivity index (χ4n) is 2.55. The van der Waals surface area contributed by atoms with Crippen LogP contribution in [0.4, 0.5) is 10.9 Å². The lowest BCUT2D eigenvalue weighted by atomic mass is 10.1. The van der Waals surface area contributed by atoms with Crippen molar-refractivity contribution in [3.05, 3.63) is 4.88 Å². The number of anilines is 2. The quantitative estimate of drug-likeness (QED) is 0.679. The maximum Gasteiger partial charge on any atom is 0.265 e. The fourth-order valence-corrected chi connectivity index (χ4v) is 3.54. The number of aliphatic hydroxyl groups is 1. The van der Waals surface area contributed by atoms with Gasteiger partial charge in [-0.05, 0) is 33.6 Å². The third-order valence-electron chi connectivity index (χ3n) is 3.55. The first kappa shape index (κ1) is 16.0. The van der Waals surface area contributed by atoms with Gasteiger partial charge in [-0.3, -0.25) is 4.79 Å². The molecule has 7 heteroatoms. The van der Waals surface area contributed by atoms with E-state index in [0.717, 1.165) is 19.3 Å². The zero-order valence-corrected chi connectivity index (χ0v) is 13.6. The Balaban J connectivity index is 2.05. The van der Waals surface area contributed by atoms with E-state index in [1.165, 1.54) is 11.3 Å². The predicted octanol–water partition coefficient (Wildman–Crippen LogP) is 1.83. The third-order valence-corrected chi connectivity index (χ3v) is 4.54. The van der Waals surface area contributed by atoms with Crippen LogP contribution in [0.5, 0.6) is 0 Å². The Hall–Kier alpha value is -1.34. The van der Waals surface area contributed by atoms with Crippen LogP contribution in [0.3, 0.4) is 0 Å². The number of thiazole rings is 1. The van der Waals surface area contributed by atoms with Crippen LogP contribution in [0.15, 0.2) is 0 Å². The Morgan fingerprint density at radius 1 is 1.48 bits per heavy atom. The van der Waals surface area contributed by atoms with Crippen LogP contribution in [0, 0.1) is 5.92 Å². The van der Waals surface area contributed by atoms with Gasteiger partial charge in [-0.25, -0.2) is 4.98 Å². The van der Waals surface area contributed by atoms with Crippen molar-refractivity contribution in [1.29, 1.82) is 0 Å². The van der Waals surface area contributed by atoms with Gasteiger partial charge >= 0.3 is 0 Å². The highest BCUT2D eigenvalue weighted by molar-refractivity contribution is 7.18. The molecule has 0 aromatic carbocycles. The zero-order valence-electron chi connectivity index (χ0n) is 12.8. The molecule has 1 aliphatic rings. The van der Waals surface area contributed by atoms with E-state index in [-0.39, 0.29) is 35.8 Å². The molecule has 118 valence electrons. The number of hydrogen-bond acceptors (Lipinski definition) is 6. The Bertz CT molecular complexity index is 510. The van der Waals surface area contributed by atoms with Crippen LogP contribution in [-0.2, 0) is 0 Å². The van der Waals surface area contributed by atoms with E-state index in [0.29, 0.717) is 10.0 Å². The second-order valence-electron chi connectivity index (χ2n) is 6.56. The maximum absolute atomic E-state index is 12.3. The molecule has 1 saturated carbocycles. The smallest absolute Gasteiger partial charge is 0.265 e. The molecule has 5 N–H and O–H groups in total. The number of aliphatic hydroxyl groups excluding tert-OH is 1. The SMILES string of the molecule is CC(C)(C)Nc1nc(N)c(C(=O)NC2CCCC2CO)s1. The molecule has 1 aliphatic carbocycles. The molecule has 0 spiro atoms. The van der Waals surface area contributed by atoms with Gasteiger partial charge in [0.25, 0.3) is 5.91 Å². The molecule has 2 atom stereocenters. The monoisotopic (exact) mass is 312 g/mol. The normalized spacial score (nSPS) is 22.3. The predicted molar refractivity (Wildman–Crippen MR) is 85.6 cm³/mol. The van der Waals surface area contributed by atoms with Gasteiger partial charge in [-0.15, -0.1) is 0 Å². The van der Waals surface area contributed by atoms with Crippen molar-refractivity contribution in [1.82, 2.24) is 10.3 Å². The minimum absolute atomic E-state index is 0.0306. The van der Waals surface area contributed by atoms with Gasteiger partial charge in [-0.2, -0.15) is 0 Å². The summed E-state index contributed by atoms with van der Waals surface area (Å²) in [6.45, 7) is 6.18. The van der Waals surface area contributed by atoms with Crippen molar-refractivity contribution in [3.8, 4) is 0 Å². The molecular formula is C14H24N4O2S. The number of hydrogen-bond donors (Lipinski definition) is 4. The third kappa shape index (κ3) is 4.07. The first-order valence-corrected chi connectivity index (χ1v) is 8.08. The molecule has 2 rings (SSSR count). The molecule has 1 heterocycles. The van der Waals surface area contributed by atoms with E-state index < -0.39 is 0 Å². The maximum atomic E-state index is 12.3. The van der Waals surface area contributed by atoms with Crippen molar-refractivity contribution in [3.63, 3.8) is 0 Å². The van der Waals surface area contributed by atoms with Crippen LogP contribution in [0.25, 0.3) is 0 Å². The summed E-state index contributed by atoms with van der Waals surface area (Å²) in [5.41, 5.74) is 5.72. The average Bonchev–Trinajstić information content (AvgIpc) is 2.93. The van der Waals surface area contributed by atoms with Gasteiger partial charge in [0.1, 0.15) is 10.7 Å². The number of nitrogens with two attached hydrogens (primary N) is 1. The number of rotatable bonds is 4. The number of nitrogens with zero attached hydrogens (tertiary/aromatic N) is 1. The number of carbonyl (C=O) groups is 1. The standard InChI is InChI=1S/C14H24N4O2S/c1-14(2,3)18-13-17-11(15)10(21-13)12(20)16-9-6-4-5-8(9)7-19/h8-9,19H,4-7,15H2,1-3H3,(H,16,20)(H,17,18). The molecule has 1 aromatic rings. The van der Waals surface area contributed by atoms with Gasteiger partial charge < -0.3 is 21.5 Å². The summed E-state index contributed by atoms with van der Waals surface area (Å²) >= 11 is 1.26. The summed E-state index contributed by atoms with van der Waals surface area (Å²) in [6.07, 6.45) is 2.89. The molecule has 6 nitrogen and oxygen atoms in total. The van der Waals surface area contributed by atoms with Crippen LogP contribution in [0.1, 0.15) is 49.7 Å². The molecular weight excluding hydrogens is 288 g/mol. The van der Waals surface area contributed by atoms with Crippen LogP contribution in [-0.4, -0.2) is 34.2 Å². The van der Waals surface area contributed by atoms with Crippen LogP contribution in [0.2, 0.25) is 0 Å². The van der Waals surface area contributed by atoms with E-state index in [9.17, 15) is 9.90 Å². The minimum atomic E-state index is -0.197. The summed E-state index contributed by atoms with van der Waals surface area (Å²) in [4.78, 5) is 17.0. The fraction of sp³-hybridized carbons (Fsp3) is 0.714. The topological polar surface area (TPSA) is 100 Å². The zero-order chi connectivity index (χ0) is 15.6. The van der Waals surface area contributed by atoms with Gasteiger partial charge in [0.15, 0.2) is 5.13 Å². The summed E-state index contributed by atoms with van der Waals surface area (Å²) in [5, 5.41) is 16.2. The average molecular weight is 312 g/mol. The molecule has 2 unspecified atom stereocenters. The Labute approximate surface area is 129 Å². The molecule has 0 saturated heterocycles. The second-order valence-corrected chi connectivity index (χ2v) is 7.56. The highest BCUT2D eigenvalue weighted by atomic mass is 32.1. The van der Waals surface area contributed by atoms with E-state index in [4.69, 9.17) is 5.73 Å². The van der Waals surface area contributed by atoms with Crippen LogP contribution < -0.4 is 16.4 Å². The number of nitrogen functional groups attached to an aromatic ring is 1. The Morgan fingerprint density at radius 3 is 2.81 bits per heavy atom. The minimum Gasteiger partial charge on any atom is -0.396 e. The first-order chi connectivity index (χ1) is 9.80. The summed E-state index contributed by atoms with van der Waals surface area (Å²) in [7, 11) is 0. The van der Waals surface area contributed by atoms with E-state index in [1.54, 1.807) is 0 Å². The Kier molecular flexibility index (Phi) is 4.73. The summed E-state index contributed by atoms with van der Waals surface area (Å²) in [5.74, 6) is 0.204. The first-order valence-electron chi connectivity index (χ1n) is 7.26. The van der Waals surface area contributed by atoms with Crippen molar-refractivity contribution in [2.24, 2.45) is 5.92 Å². The van der Waals surface area contributed by atoms with Crippen molar-refractivity contribution >= 4 is 28.2 Å². The number of amides is 1. The van der Waals surface area contributed by atoms with Gasteiger partial charge in [-0.1, -0.05) is 17.8 Å². The van der Waals surface area contributed by atoms with Crippen molar-refractivity contribution in [2.75, 3.05) is 17.7 Å². The van der Waals surface area contributed by atoms with Gasteiger partial charge in [0.2, 0.25) is 0 Å². The highest BCUT2D eigenvalue weighted by Crippen LogP contribution is 2.29. The summed E-state index contributed by atoms with van der Waals surface area (Å²) in [6, 6.07) is 0.0306. The van der Waals surface area contributed by atoms with Crippen LogP contribution >= 0.6 is 11.3 Å². The van der Waals surface area contributed by atoms with Gasteiger partial charge in [0.05, 0.1) is 0 Å². The van der Waals surface area contributed by atoms with Crippen molar-refractivity contribution in [2.45, 2.75) is 51.6 Å². The number of carbonyl (C=O) groups excluding carboxylic acids is 1. The molecule has 1 fully saturated rings. The highest BCUT2D eigenvalue weighted by Gasteiger charge is 2.29. The van der Waals surface area contributed by atoms with E-state index in [2.05, 4.69) is 15.6 Å². The van der Waals surface area contributed by atoms with Crippen molar-refractivity contribution < 1.29 is 9.90 Å². The lowest BCUT2D eigenvalue weighted by Gasteiger charge is -2.19. The number of aromatic nitrogens is 1. The molecule has 21 heavy (non-hydrogen) atoms. The Morgan fingerprint density at radius 2 is 2.19 bits per heavy atom. The molecule has 0 radical (unpaired) electrons. The van der Waals surface area contributed by atoms with E-state index in [1.807, 2.05) is 20.8 Å². The van der Waals surface area contributed by atoms with Gasteiger partial charge in [0, 0.05) is 24.1 Å². The molecule has 1 aromatic heterocycles. The molecule has 0 bridgehead atoms. The summed E-state index contributed by atoms with van der Waals surface area (Å²) < 4.78 is 0. The molecule has 1 amide bonds.